The molecule has 17 heavy (non-hydrogen) atoms. The summed E-state index contributed by atoms with van der Waals surface area (Å²) in [6.07, 6.45) is 0. The second kappa shape index (κ2) is 5.51. The highest BCUT2D eigenvalue weighted by molar-refractivity contribution is 5.87. The highest BCUT2D eigenvalue weighted by Crippen LogP contribution is 2.15. The molecule has 1 aliphatic heterocycles. The zero-order valence-electron chi connectivity index (χ0n) is 9.90. The third-order valence-corrected chi connectivity index (χ3v) is 2.60. The molecule has 1 heterocycles. The van der Waals surface area contributed by atoms with Crippen LogP contribution in [-0.4, -0.2) is 53.6 Å². The van der Waals surface area contributed by atoms with Gasteiger partial charge in [-0.1, -0.05) is 0 Å². The van der Waals surface area contributed by atoms with Crippen LogP contribution in [0.25, 0.3) is 0 Å². The van der Waals surface area contributed by atoms with Gasteiger partial charge in [0.2, 0.25) is 5.91 Å². The average molecular weight is 243 g/mol. The van der Waals surface area contributed by atoms with Gasteiger partial charge in [0.05, 0.1) is 5.92 Å². The Hall–Kier alpha value is -1.79. The first kappa shape index (κ1) is 13.3. The number of amides is 3. The van der Waals surface area contributed by atoms with Crippen molar-refractivity contribution in [1.29, 1.82) is 0 Å². The van der Waals surface area contributed by atoms with Crippen LogP contribution in [-0.2, 0) is 9.59 Å². The van der Waals surface area contributed by atoms with Crippen molar-refractivity contribution in [3.8, 4) is 0 Å². The maximum Gasteiger partial charge on any atom is 0.318 e. The van der Waals surface area contributed by atoms with Crippen LogP contribution in [0.3, 0.4) is 0 Å². The van der Waals surface area contributed by atoms with Gasteiger partial charge in [-0.05, 0) is 13.8 Å². The lowest BCUT2D eigenvalue weighted by atomic mass is 10.0. The van der Waals surface area contributed by atoms with Gasteiger partial charge in [0.15, 0.2) is 0 Å². The fraction of sp³-hybridized carbons (Fsp3) is 0.700. The second-order valence-electron chi connectivity index (χ2n) is 4.01. The summed E-state index contributed by atoms with van der Waals surface area (Å²) < 4.78 is 0. The molecule has 1 fully saturated rings. The van der Waals surface area contributed by atoms with Crippen molar-refractivity contribution in [1.82, 2.24) is 15.5 Å². The molecule has 0 aromatic rings. The van der Waals surface area contributed by atoms with E-state index >= 15 is 0 Å². The molecular weight excluding hydrogens is 226 g/mol. The van der Waals surface area contributed by atoms with Crippen LogP contribution >= 0.6 is 0 Å². The number of hydrogen-bond donors (Lipinski definition) is 3. The lowest BCUT2D eigenvalue weighted by Crippen LogP contribution is -2.58. The first-order chi connectivity index (χ1) is 7.95. The van der Waals surface area contributed by atoms with Gasteiger partial charge in [-0.25, -0.2) is 4.79 Å². The highest BCUT2D eigenvalue weighted by Gasteiger charge is 2.36. The number of nitrogens with one attached hydrogen (secondary N) is 2. The van der Waals surface area contributed by atoms with Crippen LogP contribution in [0.1, 0.15) is 13.8 Å². The molecule has 1 atom stereocenters. The molecule has 0 aromatic carbocycles. The van der Waals surface area contributed by atoms with Crippen LogP contribution in [0.5, 0.6) is 0 Å². The molecule has 3 N–H and O–H groups in total. The molecule has 7 heteroatoms. The van der Waals surface area contributed by atoms with Gasteiger partial charge >= 0.3 is 12.0 Å². The number of carbonyl (C=O) groups is 3. The van der Waals surface area contributed by atoms with Crippen molar-refractivity contribution in [2.45, 2.75) is 19.9 Å². The Morgan fingerprint density at radius 2 is 2.00 bits per heavy atom. The molecule has 1 rings (SSSR count). The number of carbonyl (C=O) groups excluding carboxylic acids is 2. The second-order valence-corrected chi connectivity index (χ2v) is 4.01. The molecule has 1 aliphatic rings. The molecular formula is C10H17N3O4. The number of hydrogen-bond acceptors (Lipinski definition) is 3. The number of urea groups is 1. The summed E-state index contributed by atoms with van der Waals surface area (Å²) in [5.41, 5.74) is 0. The first-order valence-electron chi connectivity index (χ1n) is 5.51. The van der Waals surface area contributed by atoms with E-state index in [4.69, 9.17) is 5.11 Å². The van der Waals surface area contributed by atoms with Crippen molar-refractivity contribution in [2.75, 3.05) is 19.6 Å². The van der Waals surface area contributed by atoms with Gasteiger partial charge in [-0.15, -0.1) is 0 Å². The number of rotatable bonds is 4. The minimum absolute atomic E-state index is 0.198. The Balaban J connectivity index is 2.31. The smallest absolute Gasteiger partial charge is 0.318 e. The Morgan fingerprint density at radius 3 is 2.47 bits per heavy atom. The highest BCUT2D eigenvalue weighted by atomic mass is 16.4. The zero-order valence-corrected chi connectivity index (χ0v) is 9.90. The maximum atomic E-state index is 11.6. The number of carboxylic acids is 1. The zero-order chi connectivity index (χ0) is 13.0. The first-order valence-corrected chi connectivity index (χ1v) is 5.51. The molecule has 0 saturated carbocycles. The van der Waals surface area contributed by atoms with Gasteiger partial charge in [0.25, 0.3) is 0 Å². The Bertz CT molecular complexity index is 326. The van der Waals surface area contributed by atoms with Crippen molar-refractivity contribution in [2.24, 2.45) is 5.92 Å². The predicted octanol–water partition coefficient (Wildman–Crippen LogP) is -0.763. The summed E-state index contributed by atoms with van der Waals surface area (Å²) in [4.78, 5) is 34.8. The number of carboxylic acid groups (broad SMARTS) is 1. The third kappa shape index (κ3) is 3.33. The molecule has 7 nitrogen and oxygen atoms in total. The molecule has 3 amide bonds. The molecule has 0 spiro atoms. The topological polar surface area (TPSA) is 98.7 Å². The van der Waals surface area contributed by atoms with E-state index in [2.05, 4.69) is 10.6 Å². The molecule has 0 bridgehead atoms. The van der Waals surface area contributed by atoms with Crippen LogP contribution in [0.2, 0.25) is 0 Å². The summed E-state index contributed by atoms with van der Waals surface area (Å²) >= 11 is 0. The van der Waals surface area contributed by atoms with Gasteiger partial charge in [-0.2, -0.15) is 0 Å². The molecule has 1 saturated heterocycles. The normalized spacial score (nSPS) is 16.9. The quantitative estimate of drug-likeness (QED) is 0.604. The standard InChI is InChI=1S/C10H17N3O4/c1-3-11-8(14)6(2)12-10(17)13-4-7(5-13)9(15)16/h6-7H,3-5H2,1-2H3,(H,11,14)(H,12,17)(H,15,16). The summed E-state index contributed by atoms with van der Waals surface area (Å²) in [6.45, 7) is 4.27. The van der Waals surface area contributed by atoms with E-state index < -0.39 is 24.0 Å². The lowest BCUT2D eigenvalue weighted by molar-refractivity contribution is -0.146. The van der Waals surface area contributed by atoms with E-state index in [9.17, 15) is 14.4 Å². The monoisotopic (exact) mass is 243 g/mol. The molecule has 1 unspecified atom stereocenters. The predicted molar refractivity (Wildman–Crippen MR) is 59.4 cm³/mol. The average Bonchev–Trinajstić information content (AvgIpc) is 2.14. The van der Waals surface area contributed by atoms with E-state index in [1.54, 1.807) is 13.8 Å². The summed E-state index contributed by atoms with van der Waals surface area (Å²) in [6, 6.07) is -1.02. The fourth-order valence-electron chi connectivity index (χ4n) is 1.47. The van der Waals surface area contributed by atoms with E-state index in [1.807, 2.05) is 0 Å². The fourth-order valence-corrected chi connectivity index (χ4v) is 1.47. The number of aliphatic carboxylic acids is 1. The van der Waals surface area contributed by atoms with Gasteiger partial charge in [-0.3, -0.25) is 9.59 Å². The summed E-state index contributed by atoms with van der Waals surface area (Å²) in [7, 11) is 0. The summed E-state index contributed by atoms with van der Waals surface area (Å²) in [5, 5.41) is 13.7. The number of likely N-dealkylation sites (N-methyl/N-ethyl adjacent to an activating group) is 1. The van der Waals surface area contributed by atoms with E-state index in [0.29, 0.717) is 6.54 Å². The molecule has 0 aliphatic carbocycles. The van der Waals surface area contributed by atoms with Crippen LogP contribution < -0.4 is 10.6 Å². The van der Waals surface area contributed by atoms with Gasteiger partial charge in [0, 0.05) is 19.6 Å². The largest absolute Gasteiger partial charge is 0.481 e. The van der Waals surface area contributed by atoms with Crippen LogP contribution in [0.4, 0.5) is 4.79 Å². The molecule has 0 radical (unpaired) electrons. The maximum absolute atomic E-state index is 11.6. The minimum Gasteiger partial charge on any atom is -0.481 e. The van der Waals surface area contributed by atoms with Gasteiger partial charge in [0.1, 0.15) is 6.04 Å². The van der Waals surface area contributed by atoms with E-state index in [0.717, 1.165) is 0 Å². The van der Waals surface area contributed by atoms with E-state index in [-0.39, 0.29) is 19.0 Å². The molecule has 0 aromatic heterocycles. The Kier molecular flexibility index (Phi) is 4.30. The minimum atomic E-state index is -0.897. The van der Waals surface area contributed by atoms with Crippen molar-refractivity contribution >= 4 is 17.9 Å². The van der Waals surface area contributed by atoms with Crippen molar-refractivity contribution in [3.63, 3.8) is 0 Å². The SMILES string of the molecule is CCNC(=O)C(C)NC(=O)N1CC(C(=O)O)C1. The van der Waals surface area contributed by atoms with Crippen molar-refractivity contribution in [3.05, 3.63) is 0 Å². The van der Waals surface area contributed by atoms with Crippen molar-refractivity contribution < 1.29 is 19.5 Å². The van der Waals surface area contributed by atoms with E-state index in [1.165, 1.54) is 4.90 Å². The lowest BCUT2D eigenvalue weighted by Gasteiger charge is -2.37. The van der Waals surface area contributed by atoms with Crippen LogP contribution in [0.15, 0.2) is 0 Å². The Morgan fingerprint density at radius 1 is 1.41 bits per heavy atom. The summed E-state index contributed by atoms with van der Waals surface area (Å²) in [5.74, 6) is -1.64. The van der Waals surface area contributed by atoms with Crippen LogP contribution in [0, 0.1) is 5.92 Å². The number of nitrogens with zero attached hydrogens (tertiary/aromatic N) is 1. The molecule has 96 valence electrons. The number of likely N-dealkylation sites (tertiary alicyclic amines) is 1. The third-order valence-electron chi connectivity index (χ3n) is 2.60. The van der Waals surface area contributed by atoms with Gasteiger partial charge < -0.3 is 20.6 Å². The Labute approximate surface area is 99.2 Å².